The minimum atomic E-state index is 0. The van der Waals surface area contributed by atoms with Gasteiger partial charge in [-0.15, -0.1) is 0 Å². The maximum absolute atomic E-state index is 8.48. The Morgan fingerprint density at radius 3 is 1.82 bits per heavy atom. The number of hydrogen-bond acceptors (Lipinski definition) is 4. The molecule has 0 radical (unpaired) electrons. The molecule has 0 aliphatic rings. The SMILES string of the molecule is OCCN(CCO)C(=S)[S-].[K+]. The molecule has 3 nitrogen and oxygen atoms in total. The Bertz CT molecular complexity index is 109. The fraction of sp³-hybridized carbons (Fsp3) is 0.800. The molecule has 11 heavy (non-hydrogen) atoms. The van der Waals surface area contributed by atoms with Gasteiger partial charge in [0.05, 0.1) is 13.2 Å². The Labute approximate surface area is 120 Å². The Morgan fingerprint density at radius 2 is 1.64 bits per heavy atom. The molecule has 0 unspecified atom stereocenters. The summed E-state index contributed by atoms with van der Waals surface area (Å²) in [5, 5.41) is 17.0. The molecule has 0 aliphatic carbocycles. The Balaban J connectivity index is 0. The maximum Gasteiger partial charge on any atom is 1.00 e. The number of aliphatic hydroxyl groups excluding tert-OH is 2. The number of nitrogens with zero attached hydrogens (tertiary/aromatic N) is 1. The van der Waals surface area contributed by atoms with Crippen molar-refractivity contribution in [3.05, 3.63) is 0 Å². The largest absolute Gasteiger partial charge is 1.00 e. The molecule has 2 N–H and O–H groups in total. The van der Waals surface area contributed by atoms with Gasteiger partial charge in [0.15, 0.2) is 0 Å². The van der Waals surface area contributed by atoms with Crippen molar-refractivity contribution in [2.45, 2.75) is 0 Å². The quantitative estimate of drug-likeness (QED) is 0.288. The summed E-state index contributed by atoms with van der Waals surface area (Å²) >= 11 is 9.33. The van der Waals surface area contributed by atoms with Crippen LogP contribution in [0.5, 0.6) is 0 Å². The van der Waals surface area contributed by atoms with Crippen LogP contribution < -0.4 is 51.4 Å². The molecule has 60 valence electrons. The van der Waals surface area contributed by atoms with Crippen LogP contribution in [-0.4, -0.2) is 45.7 Å². The minimum Gasteiger partial charge on any atom is -0.411 e. The second-order valence-electron chi connectivity index (χ2n) is 1.70. The first-order valence-electron chi connectivity index (χ1n) is 2.90. The van der Waals surface area contributed by atoms with Crippen molar-refractivity contribution in [1.29, 1.82) is 0 Å². The first-order chi connectivity index (χ1) is 4.72. The molecule has 0 bridgehead atoms. The molecule has 0 heterocycles. The average Bonchev–Trinajstić information content (AvgIpc) is 1.87. The number of thiocarbonyl (C=S) groups is 1. The van der Waals surface area contributed by atoms with E-state index in [9.17, 15) is 0 Å². The molecule has 0 atom stereocenters. The van der Waals surface area contributed by atoms with Crippen LogP contribution in [0.1, 0.15) is 0 Å². The first-order valence-corrected chi connectivity index (χ1v) is 3.71. The van der Waals surface area contributed by atoms with E-state index in [-0.39, 0.29) is 64.6 Å². The Morgan fingerprint density at radius 1 is 1.27 bits per heavy atom. The van der Waals surface area contributed by atoms with Crippen LogP contribution >= 0.6 is 12.2 Å². The van der Waals surface area contributed by atoms with Crippen molar-refractivity contribution >= 4 is 29.2 Å². The standard InChI is InChI=1S/C5H11NO2S2.K/c7-3-1-6(2-4-8)5(9)10;/h7-8H,1-4H2,(H,9,10);/q;+1/p-1. The first kappa shape index (κ1) is 15.2. The predicted octanol–water partition coefficient (Wildman–Crippen LogP) is -3.89. The van der Waals surface area contributed by atoms with Gasteiger partial charge in [0.1, 0.15) is 0 Å². The molecule has 0 aliphatic heterocycles. The van der Waals surface area contributed by atoms with Crippen molar-refractivity contribution in [1.82, 2.24) is 4.90 Å². The molecule has 0 saturated carbocycles. The van der Waals surface area contributed by atoms with Crippen LogP contribution in [0.25, 0.3) is 0 Å². The van der Waals surface area contributed by atoms with E-state index in [0.29, 0.717) is 17.4 Å². The van der Waals surface area contributed by atoms with Gasteiger partial charge in [-0.25, -0.2) is 0 Å². The van der Waals surface area contributed by atoms with Crippen molar-refractivity contribution < 1.29 is 61.6 Å². The van der Waals surface area contributed by atoms with Gasteiger partial charge < -0.3 is 40.0 Å². The van der Waals surface area contributed by atoms with Gasteiger partial charge in [0, 0.05) is 13.1 Å². The van der Waals surface area contributed by atoms with Crippen LogP contribution in [-0.2, 0) is 12.6 Å². The number of rotatable bonds is 4. The van der Waals surface area contributed by atoms with Crippen LogP contribution in [0.3, 0.4) is 0 Å². The summed E-state index contributed by atoms with van der Waals surface area (Å²) in [5.74, 6) is 0. The van der Waals surface area contributed by atoms with E-state index in [0.717, 1.165) is 0 Å². The minimum absolute atomic E-state index is 0. The number of hydrogen-bond donors (Lipinski definition) is 2. The molecule has 0 fully saturated rings. The summed E-state index contributed by atoms with van der Waals surface area (Å²) in [6.45, 7) is 0.833. The van der Waals surface area contributed by atoms with Crippen LogP contribution in [0, 0.1) is 0 Å². The summed E-state index contributed by atoms with van der Waals surface area (Å²) in [4.78, 5) is 1.57. The second-order valence-corrected chi connectivity index (χ2v) is 2.73. The normalized spacial score (nSPS) is 8.55. The van der Waals surface area contributed by atoms with Gasteiger partial charge in [-0.05, 0) is 0 Å². The second kappa shape index (κ2) is 9.75. The van der Waals surface area contributed by atoms with Gasteiger partial charge in [-0.2, -0.15) is 0 Å². The monoisotopic (exact) mass is 219 g/mol. The van der Waals surface area contributed by atoms with Crippen LogP contribution in [0.4, 0.5) is 0 Å². The van der Waals surface area contributed by atoms with Crippen molar-refractivity contribution in [2.75, 3.05) is 26.3 Å². The third-order valence-corrected chi connectivity index (χ3v) is 1.51. The molecule has 0 saturated heterocycles. The van der Waals surface area contributed by atoms with E-state index in [2.05, 4.69) is 24.8 Å². The van der Waals surface area contributed by atoms with Crippen LogP contribution in [0.2, 0.25) is 0 Å². The topological polar surface area (TPSA) is 43.7 Å². The van der Waals surface area contributed by atoms with E-state index in [1.807, 2.05) is 0 Å². The summed E-state index contributed by atoms with van der Waals surface area (Å²) < 4.78 is 0.295. The van der Waals surface area contributed by atoms with Gasteiger partial charge in [-0.3, -0.25) is 0 Å². The zero-order valence-electron chi connectivity index (χ0n) is 6.49. The average molecular weight is 219 g/mol. The third kappa shape index (κ3) is 8.01. The summed E-state index contributed by atoms with van der Waals surface area (Å²) in [5.41, 5.74) is 0. The fourth-order valence-corrected chi connectivity index (χ4v) is 0.901. The Kier molecular flexibility index (Phi) is 13.4. The van der Waals surface area contributed by atoms with Crippen LogP contribution in [0.15, 0.2) is 0 Å². The van der Waals surface area contributed by atoms with Gasteiger partial charge in [0.2, 0.25) is 0 Å². The zero-order chi connectivity index (χ0) is 7.98. The predicted molar refractivity (Wildman–Crippen MR) is 45.7 cm³/mol. The van der Waals surface area contributed by atoms with E-state index in [1.165, 1.54) is 0 Å². The summed E-state index contributed by atoms with van der Waals surface area (Å²) in [6.07, 6.45) is 0. The van der Waals surface area contributed by atoms with E-state index >= 15 is 0 Å². The molecule has 0 amide bonds. The molecule has 6 heteroatoms. The van der Waals surface area contributed by atoms with Gasteiger partial charge in [0.25, 0.3) is 0 Å². The molecule has 0 aromatic heterocycles. The van der Waals surface area contributed by atoms with Gasteiger partial charge in [-0.1, -0.05) is 4.32 Å². The third-order valence-electron chi connectivity index (χ3n) is 0.998. The summed E-state index contributed by atoms with van der Waals surface area (Å²) in [6, 6.07) is 0. The molecule has 0 aromatic carbocycles. The van der Waals surface area contributed by atoms with Gasteiger partial charge >= 0.3 is 51.4 Å². The molecule has 0 aromatic rings. The fourth-order valence-electron chi connectivity index (χ4n) is 0.536. The molecule has 0 spiro atoms. The van der Waals surface area contributed by atoms with Crippen molar-refractivity contribution in [3.8, 4) is 0 Å². The van der Waals surface area contributed by atoms with E-state index < -0.39 is 0 Å². The molecular formula is C5H10KNO2S2. The zero-order valence-corrected chi connectivity index (χ0v) is 11.2. The van der Waals surface area contributed by atoms with Crippen molar-refractivity contribution in [2.24, 2.45) is 0 Å². The van der Waals surface area contributed by atoms with E-state index in [4.69, 9.17) is 10.2 Å². The molecular weight excluding hydrogens is 209 g/mol. The van der Waals surface area contributed by atoms with E-state index in [1.54, 1.807) is 4.90 Å². The Hall–Kier alpha value is 1.67. The maximum atomic E-state index is 8.48. The smallest absolute Gasteiger partial charge is 0.411 e. The summed E-state index contributed by atoms with van der Waals surface area (Å²) in [7, 11) is 0. The van der Waals surface area contributed by atoms with Crippen molar-refractivity contribution in [3.63, 3.8) is 0 Å². The molecule has 0 rings (SSSR count). The number of aliphatic hydroxyl groups is 2.